The summed E-state index contributed by atoms with van der Waals surface area (Å²) < 4.78 is 15.3. The number of nitrogens with one attached hydrogen (secondary N) is 2. The molecule has 0 bridgehead atoms. The van der Waals surface area contributed by atoms with E-state index in [9.17, 15) is 14.4 Å². The number of H-pyrrole nitrogens is 1. The van der Waals surface area contributed by atoms with Gasteiger partial charge in [-0.1, -0.05) is 18.2 Å². The van der Waals surface area contributed by atoms with Crippen LogP contribution in [-0.4, -0.2) is 43.2 Å². The number of benzene rings is 1. The Kier molecular flexibility index (Phi) is 7.20. The minimum Gasteiger partial charge on any atom is -0.496 e. The predicted octanol–water partition coefficient (Wildman–Crippen LogP) is 2.29. The molecule has 0 aliphatic rings. The maximum atomic E-state index is 12.3. The van der Waals surface area contributed by atoms with E-state index < -0.39 is 24.5 Å². The minimum absolute atomic E-state index is 0.123. The average molecular weight is 388 g/mol. The van der Waals surface area contributed by atoms with Crippen LogP contribution in [0, 0.1) is 13.8 Å². The van der Waals surface area contributed by atoms with Gasteiger partial charge >= 0.3 is 11.9 Å². The molecule has 0 saturated heterocycles. The Morgan fingerprint density at radius 3 is 2.46 bits per heavy atom. The second kappa shape index (κ2) is 9.59. The second-order valence-electron chi connectivity index (χ2n) is 6.01. The lowest BCUT2D eigenvalue weighted by Gasteiger charge is -2.10. The van der Waals surface area contributed by atoms with Crippen LogP contribution >= 0.6 is 0 Å². The van der Waals surface area contributed by atoms with Gasteiger partial charge in [0.15, 0.2) is 6.61 Å². The molecule has 2 rings (SSSR count). The maximum Gasteiger partial charge on any atom is 0.355 e. The SMILES string of the molecule is CCOC(=O)c1c(C)[nH]c(C(=O)OCC(=O)NCc2ccccc2OC)c1C. The second-order valence-corrected chi connectivity index (χ2v) is 6.01. The average Bonchev–Trinajstić information content (AvgIpc) is 2.99. The lowest BCUT2D eigenvalue weighted by atomic mass is 10.1. The van der Waals surface area contributed by atoms with E-state index in [0.717, 1.165) is 5.56 Å². The third kappa shape index (κ3) is 4.91. The summed E-state index contributed by atoms with van der Waals surface area (Å²) in [7, 11) is 1.55. The first-order chi connectivity index (χ1) is 13.4. The van der Waals surface area contributed by atoms with Crippen molar-refractivity contribution in [2.24, 2.45) is 0 Å². The molecule has 8 heteroatoms. The van der Waals surface area contributed by atoms with Crippen molar-refractivity contribution in [3.05, 3.63) is 52.3 Å². The molecule has 1 heterocycles. The van der Waals surface area contributed by atoms with E-state index in [2.05, 4.69) is 10.3 Å². The van der Waals surface area contributed by atoms with Crippen LogP contribution in [0.25, 0.3) is 0 Å². The standard InChI is InChI=1S/C20H24N2O6/c1-5-27-19(24)17-12(2)18(22-13(17)3)20(25)28-11-16(23)21-10-14-8-6-7-9-15(14)26-4/h6-9,22H,5,10-11H2,1-4H3,(H,21,23). The number of methoxy groups -OCH3 is 1. The summed E-state index contributed by atoms with van der Waals surface area (Å²) in [6.45, 7) is 5.02. The zero-order valence-corrected chi connectivity index (χ0v) is 16.4. The fraction of sp³-hybridized carbons (Fsp3) is 0.350. The molecule has 0 aliphatic heterocycles. The van der Waals surface area contributed by atoms with Gasteiger partial charge in [-0.3, -0.25) is 4.79 Å². The van der Waals surface area contributed by atoms with Gasteiger partial charge < -0.3 is 24.5 Å². The molecule has 0 fully saturated rings. The highest BCUT2D eigenvalue weighted by molar-refractivity contribution is 5.99. The monoisotopic (exact) mass is 388 g/mol. The summed E-state index contributed by atoms with van der Waals surface area (Å²) in [5.74, 6) is -1.03. The smallest absolute Gasteiger partial charge is 0.355 e. The van der Waals surface area contributed by atoms with E-state index in [-0.39, 0.29) is 18.8 Å². The number of hydrogen-bond acceptors (Lipinski definition) is 6. The lowest BCUT2D eigenvalue weighted by Crippen LogP contribution is -2.28. The molecule has 1 aromatic carbocycles. The molecule has 8 nitrogen and oxygen atoms in total. The number of carbonyl (C=O) groups is 3. The molecule has 150 valence electrons. The van der Waals surface area contributed by atoms with Gasteiger partial charge in [0.25, 0.3) is 5.91 Å². The number of rotatable bonds is 8. The molecule has 0 saturated carbocycles. The van der Waals surface area contributed by atoms with Crippen LogP contribution in [-0.2, 0) is 20.8 Å². The number of amides is 1. The molecular formula is C20H24N2O6. The molecule has 0 radical (unpaired) electrons. The van der Waals surface area contributed by atoms with E-state index in [1.807, 2.05) is 18.2 Å². The summed E-state index contributed by atoms with van der Waals surface area (Å²) in [6.07, 6.45) is 0. The Bertz CT molecular complexity index is 872. The van der Waals surface area contributed by atoms with E-state index in [1.165, 1.54) is 0 Å². The Labute approximate surface area is 163 Å². The van der Waals surface area contributed by atoms with Gasteiger partial charge in [0.1, 0.15) is 11.4 Å². The number of esters is 2. The highest BCUT2D eigenvalue weighted by Crippen LogP contribution is 2.20. The zero-order valence-electron chi connectivity index (χ0n) is 16.4. The molecule has 1 amide bonds. The predicted molar refractivity (Wildman–Crippen MR) is 101 cm³/mol. The molecule has 28 heavy (non-hydrogen) atoms. The number of ether oxygens (including phenoxy) is 3. The molecule has 0 atom stereocenters. The van der Waals surface area contributed by atoms with Crippen LogP contribution < -0.4 is 10.1 Å². The number of hydrogen-bond donors (Lipinski definition) is 2. The van der Waals surface area contributed by atoms with E-state index in [4.69, 9.17) is 14.2 Å². The van der Waals surface area contributed by atoms with Crippen molar-refractivity contribution >= 4 is 17.8 Å². The summed E-state index contributed by atoms with van der Waals surface area (Å²) in [4.78, 5) is 39.1. The van der Waals surface area contributed by atoms with Gasteiger partial charge in [0.05, 0.1) is 19.3 Å². The molecular weight excluding hydrogens is 364 g/mol. The van der Waals surface area contributed by atoms with E-state index >= 15 is 0 Å². The first-order valence-corrected chi connectivity index (χ1v) is 8.81. The van der Waals surface area contributed by atoms with Gasteiger partial charge in [-0.25, -0.2) is 9.59 Å². The van der Waals surface area contributed by atoms with E-state index in [1.54, 1.807) is 33.9 Å². The molecule has 0 spiro atoms. The third-order valence-corrected chi connectivity index (χ3v) is 4.12. The van der Waals surface area contributed by atoms with Gasteiger partial charge in [-0.15, -0.1) is 0 Å². The zero-order chi connectivity index (χ0) is 20.7. The molecule has 2 aromatic rings. The fourth-order valence-corrected chi connectivity index (χ4v) is 2.76. The van der Waals surface area contributed by atoms with Crippen molar-refractivity contribution in [2.75, 3.05) is 20.3 Å². The van der Waals surface area contributed by atoms with Gasteiger partial charge in [0, 0.05) is 17.8 Å². The Morgan fingerprint density at radius 2 is 1.79 bits per heavy atom. The van der Waals surface area contributed by atoms with Gasteiger partial charge in [-0.2, -0.15) is 0 Å². The number of aromatic nitrogens is 1. The van der Waals surface area contributed by atoms with Crippen molar-refractivity contribution in [2.45, 2.75) is 27.3 Å². The fourth-order valence-electron chi connectivity index (χ4n) is 2.76. The van der Waals surface area contributed by atoms with Crippen molar-refractivity contribution in [1.29, 1.82) is 0 Å². The van der Waals surface area contributed by atoms with Crippen LogP contribution in [0.4, 0.5) is 0 Å². The first kappa shape index (κ1) is 21.0. The highest BCUT2D eigenvalue weighted by atomic mass is 16.5. The van der Waals surface area contributed by atoms with Crippen LogP contribution in [0.5, 0.6) is 5.75 Å². The number of aromatic amines is 1. The summed E-state index contributed by atoms with van der Waals surface area (Å²) in [6, 6.07) is 7.28. The first-order valence-electron chi connectivity index (χ1n) is 8.81. The maximum absolute atomic E-state index is 12.3. The number of aryl methyl sites for hydroxylation is 1. The minimum atomic E-state index is -0.719. The lowest BCUT2D eigenvalue weighted by molar-refractivity contribution is -0.124. The highest BCUT2D eigenvalue weighted by Gasteiger charge is 2.24. The van der Waals surface area contributed by atoms with Gasteiger partial charge in [-0.05, 0) is 32.4 Å². The van der Waals surface area contributed by atoms with Crippen molar-refractivity contribution in [1.82, 2.24) is 10.3 Å². The summed E-state index contributed by atoms with van der Waals surface area (Å²) in [5, 5.41) is 2.67. The van der Waals surface area contributed by atoms with Crippen molar-refractivity contribution in [3.63, 3.8) is 0 Å². The largest absolute Gasteiger partial charge is 0.496 e. The van der Waals surface area contributed by atoms with Gasteiger partial charge in [0.2, 0.25) is 0 Å². The molecule has 1 aromatic heterocycles. The quantitative estimate of drug-likeness (QED) is 0.672. The van der Waals surface area contributed by atoms with Crippen molar-refractivity contribution in [3.8, 4) is 5.75 Å². The van der Waals surface area contributed by atoms with Crippen LogP contribution in [0.2, 0.25) is 0 Å². The normalized spacial score (nSPS) is 10.3. The van der Waals surface area contributed by atoms with E-state index in [0.29, 0.717) is 22.6 Å². The topological polar surface area (TPSA) is 107 Å². The summed E-state index contributed by atoms with van der Waals surface area (Å²) in [5.41, 5.74) is 2.16. The molecule has 2 N–H and O–H groups in total. The molecule has 0 aliphatic carbocycles. The number of carbonyl (C=O) groups excluding carboxylic acids is 3. The Morgan fingerprint density at radius 1 is 1.07 bits per heavy atom. The van der Waals surface area contributed by atoms with Crippen LogP contribution in [0.15, 0.2) is 24.3 Å². The molecule has 0 unspecified atom stereocenters. The Balaban J connectivity index is 1.94. The Hall–Kier alpha value is -3.29. The number of para-hydroxylation sites is 1. The third-order valence-electron chi connectivity index (χ3n) is 4.12. The van der Waals surface area contributed by atoms with Crippen LogP contribution in [0.3, 0.4) is 0 Å². The van der Waals surface area contributed by atoms with Crippen molar-refractivity contribution < 1.29 is 28.6 Å². The van der Waals surface area contributed by atoms with Crippen LogP contribution in [0.1, 0.15) is 44.6 Å². The summed E-state index contributed by atoms with van der Waals surface area (Å²) >= 11 is 0.